The zero-order valence-electron chi connectivity index (χ0n) is 12.6. The summed E-state index contributed by atoms with van der Waals surface area (Å²) in [5, 5.41) is 0. The van der Waals surface area contributed by atoms with E-state index in [-0.39, 0.29) is 11.5 Å². The van der Waals surface area contributed by atoms with Gasteiger partial charge in [0.2, 0.25) is 0 Å². The van der Waals surface area contributed by atoms with E-state index in [1.165, 1.54) is 12.1 Å². The van der Waals surface area contributed by atoms with Gasteiger partial charge in [-0.3, -0.25) is 0 Å². The van der Waals surface area contributed by atoms with E-state index in [2.05, 4.69) is 12.1 Å². The SMILES string of the molecule is O=C(Oc1[c]cc[c]c1OC(=O)c1ccccc1)c1ccccc1. The fourth-order valence-corrected chi connectivity index (χ4v) is 1.97. The molecule has 0 aliphatic heterocycles. The molecule has 0 aliphatic carbocycles. The van der Waals surface area contributed by atoms with Gasteiger partial charge in [0.15, 0.2) is 11.5 Å². The maximum atomic E-state index is 12.1. The molecule has 4 heteroatoms. The lowest BCUT2D eigenvalue weighted by Gasteiger charge is -2.09. The lowest BCUT2D eigenvalue weighted by molar-refractivity contribution is 0.0681. The number of rotatable bonds is 4. The molecular formula is C20H12O4. The Bertz CT molecular complexity index is 769. The second-order valence-electron chi connectivity index (χ2n) is 4.79. The first kappa shape index (κ1) is 15.5. The van der Waals surface area contributed by atoms with E-state index in [9.17, 15) is 9.59 Å². The van der Waals surface area contributed by atoms with Gasteiger partial charge >= 0.3 is 11.9 Å². The summed E-state index contributed by atoms with van der Waals surface area (Å²) in [5.41, 5.74) is 0.769. The van der Waals surface area contributed by atoms with Gasteiger partial charge in [-0.15, -0.1) is 0 Å². The fraction of sp³-hybridized carbons (Fsp3) is 0. The Labute approximate surface area is 139 Å². The third kappa shape index (κ3) is 3.67. The average molecular weight is 316 g/mol. The molecule has 0 spiro atoms. The van der Waals surface area contributed by atoms with E-state index >= 15 is 0 Å². The van der Waals surface area contributed by atoms with Crippen LogP contribution in [0.1, 0.15) is 20.7 Å². The molecule has 0 unspecified atom stereocenters. The maximum absolute atomic E-state index is 12.1. The van der Waals surface area contributed by atoms with Crippen molar-refractivity contribution in [2.24, 2.45) is 0 Å². The van der Waals surface area contributed by atoms with Crippen LogP contribution in [0.4, 0.5) is 0 Å². The smallest absolute Gasteiger partial charge is 0.343 e. The van der Waals surface area contributed by atoms with Gasteiger partial charge in [0.1, 0.15) is 0 Å². The molecule has 4 nitrogen and oxygen atoms in total. The highest BCUT2D eigenvalue weighted by molar-refractivity contribution is 5.93. The fourth-order valence-electron chi connectivity index (χ4n) is 1.97. The van der Waals surface area contributed by atoms with Crippen LogP contribution in [0, 0.1) is 12.1 Å². The summed E-state index contributed by atoms with van der Waals surface area (Å²) in [6.45, 7) is 0. The molecule has 3 rings (SSSR count). The van der Waals surface area contributed by atoms with Crippen molar-refractivity contribution in [1.82, 2.24) is 0 Å². The highest BCUT2D eigenvalue weighted by Gasteiger charge is 2.16. The Morgan fingerprint density at radius 1 is 0.625 bits per heavy atom. The highest BCUT2D eigenvalue weighted by atomic mass is 16.6. The first-order valence-electron chi connectivity index (χ1n) is 7.21. The minimum absolute atomic E-state index is 0.00985. The van der Waals surface area contributed by atoms with Gasteiger partial charge in [0, 0.05) is 12.1 Å². The molecule has 3 aromatic rings. The van der Waals surface area contributed by atoms with Crippen molar-refractivity contribution in [3.05, 3.63) is 96.1 Å². The standard InChI is InChI=1S/C20H12O4/c21-19(15-9-3-1-4-10-15)23-17-13-7-8-14-18(17)24-20(22)16-11-5-2-6-12-16/h1-12H. The van der Waals surface area contributed by atoms with Crippen LogP contribution >= 0.6 is 0 Å². The normalized spacial score (nSPS) is 10.0. The van der Waals surface area contributed by atoms with Crippen LogP contribution in [-0.2, 0) is 0 Å². The molecule has 3 aromatic carbocycles. The van der Waals surface area contributed by atoms with Crippen molar-refractivity contribution in [3.63, 3.8) is 0 Å². The summed E-state index contributed by atoms with van der Waals surface area (Å²) < 4.78 is 10.5. The van der Waals surface area contributed by atoms with Crippen molar-refractivity contribution in [2.45, 2.75) is 0 Å². The topological polar surface area (TPSA) is 52.6 Å². The Morgan fingerprint density at radius 2 is 1.00 bits per heavy atom. The predicted molar refractivity (Wildman–Crippen MR) is 86.9 cm³/mol. The summed E-state index contributed by atoms with van der Waals surface area (Å²) in [6, 6.07) is 25.6. The van der Waals surface area contributed by atoms with Crippen molar-refractivity contribution < 1.29 is 19.1 Å². The molecule has 0 heterocycles. The molecule has 0 amide bonds. The molecule has 0 N–H and O–H groups in total. The molecule has 24 heavy (non-hydrogen) atoms. The number of hydrogen-bond donors (Lipinski definition) is 0. The zero-order chi connectivity index (χ0) is 16.8. The second kappa shape index (κ2) is 7.24. The van der Waals surface area contributed by atoms with Gasteiger partial charge in [-0.1, -0.05) is 36.4 Å². The number of hydrogen-bond acceptors (Lipinski definition) is 4. The number of carbonyl (C=O) groups excluding carboxylic acids is 2. The third-order valence-corrected chi connectivity index (χ3v) is 3.13. The van der Waals surface area contributed by atoms with Gasteiger partial charge in [0.05, 0.1) is 11.1 Å². The summed E-state index contributed by atoms with van der Waals surface area (Å²) in [6.07, 6.45) is 0. The Morgan fingerprint density at radius 3 is 1.38 bits per heavy atom. The van der Waals surface area contributed by atoms with Gasteiger partial charge in [-0.2, -0.15) is 0 Å². The lowest BCUT2D eigenvalue weighted by atomic mass is 10.2. The predicted octanol–water partition coefficient (Wildman–Crippen LogP) is 3.73. The van der Waals surface area contributed by atoms with Crippen LogP contribution in [0.5, 0.6) is 11.5 Å². The van der Waals surface area contributed by atoms with Gasteiger partial charge in [-0.05, 0) is 36.4 Å². The quantitative estimate of drug-likeness (QED) is 0.544. The number of ether oxygens (including phenoxy) is 2. The van der Waals surface area contributed by atoms with Gasteiger partial charge < -0.3 is 9.47 Å². The van der Waals surface area contributed by atoms with E-state index in [0.717, 1.165) is 0 Å². The molecule has 116 valence electrons. The maximum Gasteiger partial charge on any atom is 0.343 e. The van der Waals surface area contributed by atoms with Crippen LogP contribution in [0.15, 0.2) is 72.8 Å². The van der Waals surface area contributed by atoms with Crippen LogP contribution < -0.4 is 9.47 Å². The minimum atomic E-state index is -0.566. The number of carbonyl (C=O) groups is 2. The van der Waals surface area contributed by atoms with Gasteiger partial charge in [-0.25, -0.2) is 9.59 Å². The van der Waals surface area contributed by atoms with Crippen LogP contribution in [-0.4, -0.2) is 11.9 Å². The minimum Gasteiger partial charge on any atom is -0.418 e. The summed E-state index contributed by atoms with van der Waals surface area (Å²) in [7, 11) is 0. The second-order valence-corrected chi connectivity index (χ2v) is 4.79. The largest absolute Gasteiger partial charge is 0.418 e. The Balaban J connectivity index is 1.78. The van der Waals surface area contributed by atoms with Crippen molar-refractivity contribution >= 4 is 11.9 Å². The molecule has 0 saturated carbocycles. The van der Waals surface area contributed by atoms with Crippen LogP contribution in [0.25, 0.3) is 0 Å². The average Bonchev–Trinajstić information content (AvgIpc) is 2.64. The molecule has 0 bridgehead atoms. The van der Waals surface area contributed by atoms with Crippen molar-refractivity contribution in [2.75, 3.05) is 0 Å². The third-order valence-electron chi connectivity index (χ3n) is 3.13. The van der Waals surface area contributed by atoms with E-state index in [1.54, 1.807) is 60.7 Å². The Kier molecular flexibility index (Phi) is 4.68. The molecule has 2 radical (unpaired) electrons. The molecule has 0 aromatic heterocycles. The summed E-state index contributed by atoms with van der Waals surface area (Å²) >= 11 is 0. The molecule has 0 atom stereocenters. The number of esters is 2. The first-order valence-corrected chi connectivity index (χ1v) is 7.21. The van der Waals surface area contributed by atoms with E-state index in [1.807, 2.05) is 0 Å². The Hall–Kier alpha value is -3.40. The monoisotopic (exact) mass is 316 g/mol. The van der Waals surface area contributed by atoms with E-state index < -0.39 is 11.9 Å². The molecule has 0 aliphatic rings. The van der Waals surface area contributed by atoms with E-state index in [0.29, 0.717) is 11.1 Å². The molecule has 0 fully saturated rings. The first-order chi connectivity index (χ1) is 11.7. The van der Waals surface area contributed by atoms with Gasteiger partial charge in [0.25, 0.3) is 0 Å². The summed E-state index contributed by atoms with van der Waals surface area (Å²) in [5.74, 6) is -1.11. The zero-order valence-corrected chi connectivity index (χ0v) is 12.6. The van der Waals surface area contributed by atoms with Crippen molar-refractivity contribution in [3.8, 4) is 11.5 Å². The van der Waals surface area contributed by atoms with Crippen LogP contribution in [0.2, 0.25) is 0 Å². The summed E-state index contributed by atoms with van der Waals surface area (Å²) in [4.78, 5) is 24.3. The molecular weight excluding hydrogens is 304 g/mol. The molecule has 0 saturated heterocycles. The number of benzene rings is 3. The van der Waals surface area contributed by atoms with Crippen molar-refractivity contribution in [1.29, 1.82) is 0 Å². The lowest BCUT2D eigenvalue weighted by Crippen LogP contribution is -2.12. The highest BCUT2D eigenvalue weighted by Crippen LogP contribution is 2.27. The van der Waals surface area contributed by atoms with E-state index in [4.69, 9.17) is 9.47 Å². The van der Waals surface area contributed by atoms with Crippen LogP contribution in [0.3, 0.4) is 0 Å².